The normalized spacial score (nSPS) is 12.7. The minimum absolute atomic E-state index is 0.193. The largest absolute Gasteiger partial charge is 0.482 e. The van der Waals surface area contributed by atoms with E-state index in [-0.39, 0.29) is 17.0 Å². The molecule has 0 amide bonds. The van der Waals surface area contributed by atoms with Crippen LogP contribution in [0.2, 0.25) is 0 Å². The number of carbonyl (C=O) groups is 1. The number of carboxylic acid groups (broad SMARTS) is 1. The number of H-pyrrole nitrogens is 1. The van der Waals surface area contributed by atoms with Crippen LogP contribution in [0.4, 0.5) is 13.2 Å². The van der Waals surface area contributed by atoms with Crippen molar-refractivity contribution in [2.24, 2.45) is 0 Å². The summed E-state index contributed by atoms with van der Waals surface area (Å²) in [6.07, 6.45) is -1.36. The molecule has 3 rings (SSSR count). The van der Waals surface area contributed by atoms with Crippen LogP contribution in [-0.4, -0.2) is 27.7 Å². The predicted molar refractivity (Wildman–Crippen MR) is 121 cm³/mol. The molecule has 9 heteroatoms. The number of aliphatic carboxylic acids is 1. The Labute approximate surface area is 194 Å². The van der Waals surface area contributed by atoms with Crippen molar-refractivity contribution in [2.75, 3.05) is 6.61 Å². The molecule has 1 aromatic heterocycles. The van der Waals surface area contributed by atoms with Crippen molar-refractivity contribution in [1.82, 2.24) is 9.97 Å². The summed E-state index contributed by atoms with van der Waals surface area (Å²) in [5, 5.41) is 8.35. The number of halogens is 3. The number of alkyl halides is 3. The van der Waals surface area contributed by atoms with Crippen molar-refractivity contribution in [2.45, 2.75) is 49.9 Å². The Balaban J connectivity index is 2.04. The second-order valence-electron chi connectivity index (χ2n) is 8.01. The van der Waals surface area contributed by atoms with E-state index < -0.39 is 29.6 Å². The van der Waals surface area contributed by atoms with Gasteiger partial charge < -0.3 is 14.8 Å². The van der Waals surface area contributed by atoms with E-state index in [1.54, 1.807) is 51.2 Å². The number of nitrogens with one attached hydrogen (secondary N) is 1. The van der Waals surface area contributed by atoms with E-state index in [1.807, 2.05) is 6.07 Å². The van der Waals surface area contributed by atoms with Gasteiger partial charge in [0.05, 0.1) is 22.8 Å². The standard InChI is InChI=1S/C24H25F3N2O3S/c1-13(2)17-6-7-18(15(4)22(17)24(25,26)27)23(19-10-28-12-29-19)33-16-5-8-20(14(3)9-16)32-11-21(30)31/h5-10,12-13,23H,11H2,1-4H3,(H,28,29)(H,30,31). The summed E-state index contributed by atoms with van der Waals surface area (Å²) in [6, 6.07) is 8.58. The molecule has 3 aromatic rings. The number of hydrogen-bond acceptors (Lipinski definition) is 4. The number of aromatic nitrogens is 2. The molecule has 5 nitrogen and oxygen atoms in total. The Morgan fingerprint density at radius 1 is 1.18 bits per heavy atom. The van der Waals surface area contributed by atoms with Gasteiger partial charge in [0.15, 0.2) is 6.61 Å². The van der Waals surface area contributed by atoms with Crippen LogP contribution in [0.1, 0.15) is 58.5 Å². The van der Waals surface area contributed by atoms with Gasteiger partial charge in [0, 0.05) is 11.1 Å². The first-order valence-electron chi connectivity index (χ1n) is 10.3. The van der Waals surface area contributed by atoms with Gasteiger partial charge in [-0.25, -0.2) is 9.78 Å². The number of hydrogen-bond donors (Lipinski definition) is 2. The van der Waals surface area contributed by atoms with Gasteiger partial charge in [-0.05, 0) is 60.2 Å². The third-order valence-electron chi connectivity index (χ3n) is 5.28. The molecule has 2 aromatic carbocycles. The van der Waals surface area contributed by atoms with Crippen molar-refractivity contribution in [3.8, 4) is 5.75 Å². The molecule has 0 bridgehead atoms. The number of benzene rings is 2. The van der Waals surface area contributed by atoms with Crippen LogP contribution in [0.25, 0.3) is 0 Å². The van der Waals surface area contributed by atoms with E-state index in [2.05, 4.69) is 9.97 Å². The summed E-state index contributed by atoms with van der Waals surface area (Å²) in [5.74, 6) is -0.904. The van der Waals surface area contributed by atoms with Gasteiger partial charge in [-0.3, -0.25) is 0 Å². The summed E-state index contributed by atoms with van der Waals surface area (Å²) in [6.45, 7) is 6.35. The molecule has 1 heterocycles. The Morgan fingerprint density at radius 2 is 1.88 bits per heavy atom. The van der Waals surface area contributed by atoms with Crippen LogP contribution in [-0.2, 0) is 11.0 Å². The summed E-state index contributed by atoms with van der Waals surface area (Å²) in [4.78, 5) is 18.7. The highest BCUT2D eigenvalue weighted by molar-refractivity contribution is 7.99. The molecule has 1 atom stereocenters. The summed E-state index contributed by atoms with van der Waals surface area (Å²) in [7, 11) is 0. The number of rotatable bonds is 8. The quantitative estimate of drug-likeness (QED) is 0.361. The molecule has 176 valence electrons. The highest BCUT2D eigenvalue weighted by atomic mass is 32.2. The van der Waals surface area contributed by atoms with Gasteiger partial charge >= 0.3 is 12.1 Å². The van der Waals surface area contributed by atoms with E-state index in [9.17, 15) is 18.0 Å². The maximum absolute atomic E-state index is 14.0. The number of ether oxygens (including phenoxy) is 1. The number of aromatic amines is 1. The smallest absolute Gasteiger partial charge is 0.416 e. The summed E-state index contributed by atoms with van der Waals surface area (Å²) in [5.41, 5.74) is 1.83. The van der Waals surface area contributed by atoms with Crippen LogP contribution >= 0.6 is 11.8 Å². The Morgan fingerprint density at radius 3 is 2.42 bits per heavy atom. The molecule has 1 unspecified atom stereocenters. The van der Waals surface area contributed by atoms with E-state index in [1.165, 1.54) is 25.0 Å². The molecule has 33 heavy (non-hydrogen) atoms. The van der Waals surface area contributed by atoms with Gasteiger partial charge in [-0.1, -0.05) is 26.0 Å². The topological polar surface area (TPSA) is 75.2 Å². The number of nitrogens with zero attached hydrogens (tertiary/aromatic N) is 1. The van der Waals surface area contributed by atoms with E-state index >= 15 is 0 Å². The fourth-order valence-corrected chi connectivity index (χ4v) is 5.03. The van der Waals surface area contributed by atoms with Crippen LogP contribution in [0.15, 0.2) is 47.8 Å². The molecule has 0 aliphatic heterocycles. The predicted octanol–water partition coefficient (Wildman–Crippen LogP) is 6.51. The van der Waals surface area contributed by atoms with Crippen molar-refractivity contribution in [3.63, 3.8) is 0 Å². The fraction of sp³-hybridized carbons (Fsp3) is 0.333. The zero-order valence-electron chi connectivity index (χ0n) is 18.7. The Kier molecular flexibility index (Phi) is 7.41. The van der Waals surface area contributed by atoms with Crippen molar-refractivity contribution < 1.29 is 27.8 Å². The number of thioether (sulfide) groups is 1. The highest BCUT2D eigenvalue weighted by Crippen LogP contribution is 2.46. The number of carboxylic acids is 1. The summed E-state index contributed by atoms with van der Waals surface area (Å²) < 4.78 is 47.4. The zero-order chi connectivity index (χ0) is 24.3. The first-order chi connectivity index (χ1) is 15.5. The molecule has 2 N–H and O–H groups in total. The van der Waals surface area contributed by atoms with Gasteiger partial charge in [0.1, 0.15) is 5.75 Å². The molecule has 0 saturated carbocycles. The average molecular weight is 479 g/mol. The van der Waals surface area contributed by atoms with Crippen molar-refractivity contribution >= 4 is 17.7 Å². The summed E-state index contributed by atoms with van der Waals surface area (Å²) >= 11 is 1.38. The molecule has 0 fully saturated rings. The highest BCUT2D eigenvalue weighted by Gasteiger charge is 2.37. The zero-order valence-corrected chi connectivity index (χ0v) is 19.5. The molecular formula is C24H25F3N2O3S. The lowest BCUT2D eigenvalue weighted by molar-refractivity contribution is -0.140. The van der Waals surface area contributed by atoms with E-state index in [0.29, 0.717) is 17.0 Å². The molecule has 0 saturated heterocycles. The van der Waals surface area contributed by atoms with Crippen LogP contribution in [0.5, 0.6) is 5.75 Å². The van der Waals surface area contributed by atoms with E-state index in [4.69, 9.17) is 9.84 Å². The van der Waals surface area contributed by atoms with Gasteiger partial charge in [0.2, 0.25) is 0 Å². The molecule has 0 radical (unpaired) electrons. The minimum atomic E-state index is -4.47. The number of imidazole rings is 1. The van der Waals surface area contributed by atoms with Crippen LogP contribution < -0.4 is 4.74 Å². The Hall–Kier alpha value is -2.94. The second kappa shape index (κ2) is 9.91. The Bertz CT molecular complexity index is 1130. The fourth-order valence-electron chi connectivity index (χ4n) is 3.73. The maximum atomic E-state index is 14.0. The number of aryl methyl sites for hydroxylation is 1. The van der Waals surface area contributed by atoms with Gasteiger partial charge in [-0.2, -0.15) is 13.2 Å². The minimum Gasteiger partial charge on any atom is -0.482 e. The SMILES string of the molecule is Cc1cc(SC(c2cnc[nH]2)c2ccc(C(C)C)c(C(F)(F)F)c2C)ccc1OCC(=O)O. The lowest BCUT2D eigenvalue weighted by Gasteiger charge is -2.24. The van der Waals surface area contributed by atoms with Crippen molar-refractivity contribution in [3.05, 3.63) is 76.4 Å². The van der Waals surface area contributed by atoms with Crippen LogP contribution in [0.3, 0.4) is 0 Å². The molecule has 0 aliphatic rings. The maximum Gasteiger partial charge on any atom is 0.416 e. The molecule has 0 aliphatic carbocycles. The second-order valence-corrected chi connectivity index (χ2v) is 9.19. The van der Waals surface area contributed by atoms with E-state index in [0.717, 1.165) is 10.5 Å². The average Bonchev–Trinajstić information content (AvgIpc) is 3.25. The third-order valence-corrected chi connectivity index (χ3v) is 6.55. The first kappa shape index (κ1) is 24.7. The van der Waals surface area contributed by atoms with Crippen molar-refractivity contribution in [1.29, 1.82) is 0 Å². The van der Waals surface area contributed by atoms with Gasteiger partial charge in [-0.15, -0.1) is 11.8 Å². The lowest BCUT2D eigenvalue weighted by Crippen LogP contribution is -2.15. The van der Waals surface area contributed by atoms with Gasteiger partial charge in [0.25, 0.3) is 0 Å². The van der Waals surface area contributed by atoms with Crippen LogP contribution in [0, 0.1) is 13.8 Å². The lowest BCUT2D eigenvalue weighted by atomic mass is 9.89. The third kappa shape index (κ3) is 5.71. The molecule has 0 spiro atoms. The molecular weight excluding hydrogens is 453 g/mol. The first-order valence-corrected chi connectivity index (χ1v) is 11.2. The monoisotopic (exact) mass is 478 g/mol.